The maximum Gasteiger partial charge on any atom is 0.321 e. The molecule has 0 spiro atoms. The highest BCUT2D eigenvalue weighted by molar-refractivity contribution is 5.91. The fourth-order valence-electron chi connectivity index (χ4n) is 1.32. The Morgan fingerprint density at radius 3 is 2.71 bits per heavy atom. The van der Waals surface area contributed by atoms with Crippen LogP contribution >= 0.6 is 0 Å². The molecular formula is C11H18N2O. The van der Waals surface area contributed by atoms with Gasteiger partial charge in [0.15, 0.2) is 0 Å². The molecule has 0 bridgehead atoms. The first-order chi connectivity index (χ1) is 6.77. The van der Waals surface area contributed by atoms with E-state index in [0.29, 0.717) is 6.54 Å². The van der Waals surface area contributed by atoms with Gasteiger partial charge >= 0.3 is 6.03 Å². The molecular weight excluding hydrogens is 176 g/mol. The summed E-state index contributed by atoms with van der Waals surface area (Å²) < 4.78 is 0. The standard InChI is InChI=1S/C9H10N2O.C2H6.H2/c1-11-6-7-4-2-3-5-8(7)10-9(11)12;1-2;/h2-5H,6H2,1H3,(H,10,12);1-2H3;1H. The number of carbonyl (C=O) groups excluding carboxylic acids is 1. The molecule has 0 radical (unpaired) electrons. The molecule has 1 N–H and O–H groups in total. The van der Waals surface area contributed by atoms with Gasteiger partial charge in [0.2, 0.25) is 0 Å². The van der Waals surface area contributed by atoms with Crippen molar-refractivity contribution in [3.8, 4) is 0 Å². The van der Waals surface area contributed by atoms with E-state index in [2.05, 4.69) is 5.32 Å². The lowest BCUT2D eigenvalue weighted by atomic mass is 10.1. The van der Waals surface area contributed by atoms with Crippen LogP contribution in [0.5, 0.6) is 0 Å². The number of rotatable bonds is 0. The Labute approximate surface area is 86.2 Å². The summed E-state index contributed by atoms with van der Waals surface area (Å²) >= 11 is 0. The third-order valence-corrected chi connectivity index (χ3v) is 2.01. The SMILES string of the molecule is CC.CN1Cc2ccccc2NC1=O.[HH]. The Balaban J connectivity index is 0.000000617. The summed E-state index contributed by atoms with van der Waals surface area (Å²) in [5, 5.41) is 2.80. The monoisotopic (exact) mass is 194 g/mol. The number of para-hydroxylation sites is 1. The Morgan fingerprint density at radius 1 is 1.36 bits per heavy atom. The lowest BCUT2D eigenvalue weighted by molar-refractivity contribution is 0.218. The molecule has 1 heterocycles. The molecule has 0 saturated carbocycles. The number of nitrogens with zero attached hydrogens (tertiary/aromatic N) is 1. The first-order valence-corrected chi connectivity index (χ1v) is 4.87. The van der Waals surface area contributed by atoms with Gasteiger partial charge in [-0.1, -0.05) is 32.0 Å². The van der Waals surface area contributed by atoms with Gasteiger partial charge < -0.3 is 10.2 Å². The second-order valence-electron chi connectivity index (χ2n) is 2.94. The predicted molar refractivity (Wildman–Crippen MR) is 60.4 cm³/mol. The highest BCUT2D eigenvalue weighted by Gasteiger charge is 2.17. The first-order valence-electron chi connectivity index (χ1n) is 4.87. The molecule has 2 rings (SSSR count). The first kappa shape index (κ1) is 10.6. The van der Waals surface area contributed by atoms with Crippen molar-refractivity contribution < 1.29 is 6.22 Å². The number of fused-ring (bicyclic) bond motifs is 1. The second kappa shape index (κ2) is 4.65. The van der Waals surface area contributed by atoms with Gasteiger partial charge in [0.25, 0.3) is 0 Å². The molecule has 0 aromatic heterocycles. The molecule has 1 aliphatic heterocycles. The van der Waals surface area contributed by atoms with Gasteiger partial charge in [-0.05, 0) is 11.6 Å². The van der Waals surface area contributed by atoms with E-state index in [4.69, 9.17) is 0 Å². The van der Waals surface area contributed by atoms with Gasteiger partial charge in [-0.25, -0.2) is 4.79 Å². The van der Waals surface area contributed by atoms with E-state index in [-0.39, 0.29) is 7.46 Å². The quantitative estimate of drug-likeness (QED) is 0.676. The summed E-state index contributed by atoms with van der Waals surface area (Å²) in [4.78, 5) is 12.8. The van der Waals surface area contributed by atoms with Crippen LogP contribution in [0.3, 0.4) is 0 Å². The van der Waals surface area contributed by atoms with Crippen molar-refractivity contribution in [2.24, 2.45) is 0 Å². The zero-order chi connectivity index (χ0) is 10.6. The smallest absolute Gasteiger partial charge is 0.321 e. The molecule has 0 saturated heterocycles. The van der Waals surface area contributed by atoms with Crippen molar-refractivity contribution in [1.29, 1.82) is 0 Å². The van der Waals surface area contributed by atoms with Crippen LogP contribution in [0.15, 0.2) is 24.3 Å². The zero-order valence-corrected chi connectivity index (χ0v) is 8.87. The maximum atomic E-state index is 11.2. The normalized spacial score (nSPS) is 13.6. The van der Waals surface area contributed by atoms with Crippen molar-refractivity contribution >= 4 is 11.7 Å². The highest BCUT2D eigenvalue weighted by atomic mass is 16.2. The third-order valence-electron chi connectivity index (χ3n) is 2.01. The van der Waals surface area contributed by atoms with Gasteiger partial charge in [0, 0.05) is 20.7 Å². The van der Waals surface area contributed by atoms with Crippen LogP contribution in [0.4, 0.5) is 10.5 Å². The lowest BCUT2D eigenvalue weighted by Gasteiger charge is -2.25. The summed E-state index contributed by atoms with van der Waals surface area (Å²) in [5.74, 6) is 0. The predicted octanol–water partition coefficient (Wildman–Crippen LogP) is 2.94. The van der Waals surface area contributed by atoms with Gasteiger partial charge in [0.1, 0.15) is 0 Å². The molecule has 0 atom stereocenters. The minimum atomic E-state index is -0.0336. The Morgan fingerprint density at radius 2 is 2.00 bits per heavy atom. The van der Waals surface area contributed by atoms with Crippen LogP contribution in [0, 0.1) is 0 Å². The van der Waals surface area contributed by atoms with Crippen LogP contribution in [-0.2, 0) is 6.54 Å². The number of hydrogen-bond acceptors (Lipinski definition) is 1. The van der Waals surface area contributed by atoms with E-state index in [1.54, 1.807) is 11.9 Å². The second-order valence-corrected chi connectivity index (χ2v) is 2.94. The molecule has 0 unspecified atom stereocenters. The zero-order valence-electron chi connectivity index (χ0n) is 8.87. The van der Waals surface area contributed by atoms with Crippen molar-refractivity contribution in [2.75, 3.05) is 12.4 Å². The van der Waals surface area contributed by atoms with Crippen molar-refractivity contribution in [3.05, 3.63) is 29.8 Å². The van der Waals surface area contributed by atoms with E-state index in [9.17, 15) is 4.79 Å². The van der Waals surface area contributed by atoms with Crippen molar-refractivity contribution in [2.45, 2.75) is 20.4 Å². The van der Waals surface area contributed by atoms with E-state index in [0.717, 1.165) is 5.69 Å². The molecule has 1 aromatic carbocycles. The van der Waals surface area contributed by atoms with Crippen LogP contribution in [-0.4, -0.2) is 18.0 Å². The van der Waals surface area contributed by atoms with Crippen LogP contribution in [0.1, 0.15) is 20.8 Å². The number of amides is 2. The van der Waals surface area contributed by atoms with Crippen molar-refractivity contribution in [1.82, 2.24) is 4.90 Å². The number of nitrogens with one attached hydrogen (secondary N) is 1. The minimum Gasteiger partial charge on any atom is -0.323 e. The highest BCUT2D eigenvalue weighted by Crippen LogP contribution is 2.21. The summed E-state index contributed by atoms with van der Waals surface area (Å²) in [7, 11) is 1.78. The van der Waals surface area contributed by atoms with Crippen LogP contribution in [0.2, 0.25) is 0 Å². The Bertz CT molecular complexity index is 328. The number of anilines is 1. The summed E-state index contributed by atoms with van der Waals surface area (Å²) in [6.07, 6.45) is 0. The van der Waals surface area contributed by atoms with Crippen LogP contribution in [0.25, 0.3) is 0 Å². The lowest BCUT2D eigenvalue weighted by Crippen LogP contribution is -2.35. The number of benzene rings is 1. The fourth-order valence-corrected chi connectivity index (χ4v) is 1.32. The molecule has 3 heteroatoms. The van der Waals surface area contributed by atoms with E-state index < -0.39 is 0 Å². The summed E-state index contributed by atoms with van der Waals surface area (Å²) in [6, 6.07) is 7.80. The van der Waals surface area contributed by atoms with Gasteiger partial charge in [-0.3, -0.25) is 0 Å². The number of hydrogen-bond donors (Lipinski definition) is 1. The largest absolute Gasteiger partial charge is 0.323 e. The van der Waals surface area contributed by atoms with Gasteiger partial charge in [-0.2, -0.15) is 0 Å². The fraction of sp³-hybridized carbons (Fsp3) is 0.364. The van der Waals surface area contributed by atoms with E-state index >= 15 is 0 Å². The molecule has 14 heavy (non-hydrogen) atoms. The van der Waals surface area contributed by atoms with E-state index in [1.165, 1.54) is 5.56 Å². The minimum absolute atomic E-state index is 0. The number of carbonyl (C=O) groups is 1. The topological polar surface area (TPSA) is 32.3 Å². The molecule has 0 fully saturated rings. The Kier molecular flexibility index (Phi) is 3.51. The molecule has 0 aliphatic carbocycles. The third kappa shape index (κ3) is 2.05. The average Bonchev–Trinajstić information content (AvgIpc) is 2.23. The Hall–Kier alpha value is -1.51. The summed E-state index contributed by atoms with van der Waals surface area (Å²) in [5.41, 5.74) is 2.10. The van der Waals surface area contributed by atoms with Gasteiger partial charge in [0.05, 0.1) is 0 Å². The van der Waals surface area contributed by atoms with Crippen LogP contribution < -0.4 is 5.32 Å². The molecule has 2 amide bonds. The van der Waals surface area contributed by atoms with Gasteiger partial charge in [-0.15, -0.1) is 0 Å². The van der Waals surface area contributed by atoms with E-state index in [1.807, 2.05) is 38.1 Å². The van der Waals surface area contributed by atoms with Crippen molar-refractivity contribution in [3.63, 3.8) is 0 Å². The average molecular weight is 194 g/mol. The molecule has 1 aliphatic rings. The molecule has 78 valence electrons. The number of urea groups is 1. The summed E-state index contributed by atoms with van der Waals surface area (Å²) in [6.45, 7) is 4.70. The maximum absolute atomic E-state index is 11.2. The molecule has 3 nitrogen and oxygen atoms in total. The molecule has 1 aromatic rings.